The Labute approximate surface area is 91.2 Å². The summed E-state index contributed by atoms with van der Waals surface area (Å²) in [5, 5.41) is 13.3. The smallest absolute Gasteiger partial charge is 0.138 e. The van der Waals surface area contributed by atoms with Crippen LogP contribution >= 0.6 is 0 Å². The average Bonchev–Trinajstić information content (AvgIpc) is 2.44. The largest absolute Gasteiger partial charge is 0.393 e. The third kappa shape index (κ3) is 2.58. The van der Waals surface area contributed by atoms with Gasteiger partial charge in [0.2, 0.25) is 0 Å². The summed E-state index contributed by atoms with van der Waals surface area (Å²) >= 11 is 0. The van der Waals surface area contributed by atoms with Gasteiger partial charge in [0.25, 0.3) is 0 Å². The molecule has 0 aromatic carbocycles. The molecule has 3 unspecified atom stereocenters. The lowest BCUT2D eigenvalue weighted by Crippen LogP contribution is -2.44. The fraction of sp³-hybridized carbons (Fsp3) is 0.917. The van der Waals surface area contributed by atoms with Crippen LogP contribution in [-0.4, -0.2) is 30.1 Å². The molecule has 0 aromatic rings. The maximum Gasteiger partial charge on any atom is 0.138 e. The average molecular weight is 211 g/mol. The normalized spacial score (nSPS) is 38.7. The van der Waals surface area contributed by atoms with E-state index in [1.165, 1.54) is 12.8 Å². The van der Waals surface area contributed by atoms with Crippen LogP contribution in [0.2, 0.25) is 0 Å². The number of nitrogens with one attached hydrogen (secondary N) is 1. The summed E-state index contributed by atoms with van der Waals surface area (Å²) in [5.74, 6) is 0.652. The molecule has 1 heterocycles. The molecule has 0 aromatic heterocycles. The maximum atomic E-state index is 11.8. The van der Waals surface area contributed by atoms with E-state index in [9.17, 15) is 9.90 Å². The molecular weight excluding hydrogens is 190 g/mol. The van der Waals surface area contributed by atoms with Crippen LogP contribution in [0.3, 0.4) is 0 Å². The molecule has 0 spiro atoms. The highest BCUT2D eigenvalue weighted by atomic mass is 16.3. The first-order valence-electron chi connectivity index (χ1n) is 6.20. The standard InChI is InChI=1S/C12H21NO2/c14-11-5-3-1-2-4-9(11)10-8-13-7-6-12(10)15/h9-11,13-14H,1-8H2. The molecule has 0 radical (unpaired) electrons. The van der Waals surface area contributed by atoms with Crippen molar-refractivity contribution in [3.05, 3.63) is 0 Å². The van der Waals surface area contributed by atoms with Gasteiger partial charge < -0.3 is 10.4 Å². The van der Waals surface area contributed by atoms with Gasteiger partial charge in [-0.05, 0) is 18.8 Å². The van der Waals surface area contributed by atoms with Crippen molar-refractivity contribution >= 4 is 5.78 Å². The van der Waals surface area contributed by atoms with Crippen molar-refractivity contribution in [2.75, 3.05) is 13.1 Å². The van der Waals surface area contributed by atoms with E-state index in [0.717, 1.165) is 32.4 Å². The van der Waals surface area contributed by atoms with Crippen LogP contribution in [0.1, 0.15) is 38.5 Å². The van der Waals surface area contributed by atoms with Gasteiger partial charge in [0.1, 0.15) is 5.78 Å². The zero-order valence-electron chi connectivity index (χ0n) is 9.24. The molecule has 1 saturated carbocycles. The fourth-order valence-corrected chi connectivity index (χ4v) is 2.94. The number of rotatable bonds is 1. The minimum atomic E-state index is -0.249. The van der Waals surface area contributed by atoms with Gasteiger partial charge in [-0.2, -0.15) is 0 Å². The molecule has 86 valence electrons. The molecule has 3 nitrogen and oxygen atoms in total. The van der Waals surface area contributed by atoms with Gasteiger partial charge in [0, 0.05) is 25.4 Å². The molecule has 3 atom stereocenters. The third-order valence-corrected chi connectivity index (χ3v) is 3.87. The van der Waals surface area contributed by atoms with Gasteiger partial charge in [0.05, 0.1) is 6.10 Å². The van der Waals surface area contributed by atoms with E-state index in [-0.39, 0.29) is 17.9 Å². The van der Waals surface area contributed by atoms with Gasteiger partial charge in [-0.15, -0.1) is 0 Å². The van der Waals surface area contributed by atoms with Gasteiger partial charge >= 0.3 is 0 Å². The monoisotopic (exact) mass is 211 g/mol. The zero-order chi connectivity index (χ0) is 10.7. The summed E-state index contributed by atoms with van der Waals surface area (Å²) in [6.07, 6.45) is 5.81. The van der Waals surface area contributed by atoms with Crippen molar-refractivity contribution in [1.82, 2.24) is 5.32 Å². The Bertz CT molecular complexity index is 230. The van der Waals surface area contributed by atoms with E-state index < -0.39 is 0 Å². The lowest BCUT2D eigenvalue weighted by Gasteiger charge is -2.31. The molecule has 2 rings (SSSR count). The van der Waals surface area contributed by atoms with E-state index in [2.05, 4.69) is 5.32 Å². The molecule has 1 aliphatic heterocycles. The highest BCUT2D eigenvalue weighted by Gasteiger charge is 2.34. The number of Topliss-reactive ketones (excluding diaryl/α,β-unsaturated/α-hetero) is 1. The molecule has 1 saturated heterocycles. The lowest BCUT2D eigenvalue weighted by molar-refractivity contribution is -0.127. The Kier molecular flexibility index (Phi) is 3.76. The van der Waals surface area contributed by atoms with Gasteiger partial charge in [-0.1, -0.05) is 19.3 Å². The van der Waals surface area contributed by atoms with Crippen LogP contribution in [-0.2, 0) is 4.79 Å². The molecule has 0 bridgehead atoms. The van der Waals surface area contributed by atoms with Gasteiger partial charge in [-0.25, -0.2) is 0 Å². The van der Waals surface area contributed by atoms with Gasteiger partial charge in [0.15, 0.2) is 0 Å². The summed E-state index contributed by atoms with van der Waals surface area (Å²) < 4.78 is 0. The summed E-state index contributed by atoms with van der Waals surface area (Å²) in [7, 11) is 0. The molecule has 3 heteroatoms. The highest BCUT2D eigenvalue weighted by molar-refractivity contribution is 5.82. The second-order valence-corrected chi connectivity index (χ2v) is 4.90. The summed E-state index contributed by atoms with van der Waals surface area (Å²) in [6.45, 7) is 1.60. The number of carbonyl (C=O) groups is 1. The number of aliphatic hydroxyl groups is 1. The zero-order valence-corrected chi connectivity index (χ0v) is 9.24. The first-order chi connectivity index (χ1) is 7.29. The van der Waals surface area contributed by atoms with Gasteiger partial charge in [-0.3, -0.25) is 4.79 Å². The van der Waals surface area contributed by atoms with Crippen LogP contribution in [0, 0.1) is 11.8 Å². The topological polar surface area (TPSA) is 49.3 Å². The molecule has 2 N–H and O–H groups in total. The minimum absolute atomic E-state index is 0.0758. The lowest BCUT2D eigenvalue weighted by atomic mass is 9.79. The Morgan fingerprint density at radius 3 is 2.80 bits per heavy atom. The molecule has 2 aliphatic rings. The second kappa shape index (κ2) is 5.08. The molecular formula is C12H21NO2. The van der Waals surface area contributed by atoms with Crippen molar-refractivity contribution < 1.29 is 9.90 Å². The van der Waals surface area contributed by atoms with Crippen molar-refractivity contribution in [3.8, 4) is 0 Å². The summed E-state index contributed by atoms with van der Waals surface area (Å²) in [4.78, 5) is 11.8. The van der Waals surface area contributed by atoms with Crippen molar-refractivity contribution in [2.45, 2.75) is 44.6 Å². The SMILES string of the molecule is O=C1CCNCC1C1CCCCCC1O. The molecule has 1 aliphatic carbocycles. The first kappa shape index (κ1) is 11.1. The molecule has 0 amide bonds. The van der Waals surface area contributed by atoms with Crippen LogP contribution in [0.5, 0.6) is 0 Å². The maximum absolute atomic E-state index is 11.8. The number of aliphatic hydroxyl groups excluding tert-OH is 1. The van der Waals surface area contributed by atoms with Crippen LogP contribution in [0.15, 0.2) is 0 Å². The number of hydrogen-bond acceptors (Lipinski definition) is 3. The second-order valence-electron chi connectivity index (χ2n) is 4.90. The Morgan fingerprint density at radius 1 is 1.20 bits per heavy atom. The minimum Gasteiger partial charge on any atom is -0.393 e. The Hall–Kier alpha value is -0.410. The third-order valence-electron chi connectivity index (χ3n) is 3.87. The van der Waals surface area contributed by atoms with E-state index >= 15 is 0 Å². The van der Waals surface area contributed by atoms with E-state index in [1.807, 2.05) is 0 Å². The summed E-state index contributed by atoms with van der Waals surface area (Å²) in [6, 6.07) is 0. The van der Waals surface area contributed by atoms with Crippen LogP contribution in [0.4, 0.5) is 0 Å². The number of carbonyl (C=O) groups excluding carboxylic acids is 1. The Morgan fingerprint density at radius 2 is 2.00 bits per heavy atom. The molecule has 2 fully saturated rings. The van der Waals surface area contributed by atoms with E-state index in [0.29, 0.717) is 12.2 Å². The predicted octanol–water partition coefficient (Wildman–Crippen LogP) is 1.11. The number of hydrogen-bond donors (Lipinski definition) is 2. The highest BCUT2D eigenvalue weighted by Crippen LogP contribution is 2.31. The number of piperidine rings is 1. The number of ketones is 1. The Balaban J connectivity index is 2.02. The van der Waals surface area contributed by atoms with Crippen LogP contribution in [0.25, 0.3) is 0 Å². The van der Waals surface area contributed by atoms with Crippen LogP contribution < -0.4 is 5.32 Å². The predicted molar refractivity (Wildman–Crippen MR) is 58.6 cm³/mol. The van der Waals surface area contributed by atoms with Crippen molar-refractivity contribution in [1.29, 1.82) is 0 Å². The fourth-order valence-electron chi connectivity index (χ4n) is 2.94. The summed E-state index contributed by atoms with van der Waals surface area (Å²) in [5.41, 5.74) is 0. The van der Waals surface area contributed by atoms with Crippen molar-refractivity contribution in [3.63, 3.8) is 0 Å². The molecule has 15 heavy (non-hydrogen) atoms. The first-order valence-corrected chi connectivity index (χ1v) is 6.20. The van der Waals surface area contributed by atoms with E-state index in [1.54, 1.807) is 0 Å². The van der Waals surface area contributed by atoms with E-state index in [4.69, 9.17) is 0 Å². The van der Waals surface area contributed by atoms with Crippen molar-refractivity contribution in [2.24, 2.45) is 11.8 Å². The quantitative estimate of drug-likeness (QED) is 0.639.